The van der Waals surface area contributed by atoms with Crippen LogP contribution in [0.2, 0.25) is 0 Å². The van der Waals surface area contributed by atoms with Crippen molar-refractivity contribution in [3.63, 3.8) is 0 Å². The number of hydrogen-bond donors (Lipinski definition) is 1. The van der Waals surface area contributed by atoms with Crippen molar-refractivity contribution in [2.24, 2.45) is 0 Å². The van der Waals surface area contributed by atoms with Crippen molar-refractivity contribution in [1.82, 2.24) is 9.97 Å². The smallest absolute Gasteiger partial charge is 0.304 e. The lowest BCUT2D eigenvalue weighted by Crippen LogP contribution is -2.21. The minimum absolute atomic E-state index is 0.0790. The molecule has 0 radical (unpaired) electrons. The number of nitrogens with zero attached hydrogens (tertiary/aromatic N) is 2. The first-order chi connectivity index (χ1) is 6.50. The molecule has 0 unspecified atom stereocenters. The average Bonchev–Trinajstić information content (AvgIpc) is 2.11. The largest absolute Gasteiger partial charge is 0.315 e. The molecule has 14 heavy (non-hydrogen) atoms. The standard InChI is InChI=1S/C8H9F2N3O/c1-4-3-11-5(2)7(12-4)13-8(14)6(9)10/h3,6H,1-2H3,(H,12,13,14). The van der Waals surface area contributed by atoms with Crippen molar-refractivity contribution < 1.29 is 13.6 Å². The van der Waals surface area contributed by atoms with Gasteiger partial charge in [-0.25, -0.2) is 4.98 Å². The van der Waals surface area contributed by atoms with Crippen LogP contribution in [0.4, 0.5) is 14.6 Å². The minimum atomic E-state index is -3.04. The number of aryl methyl sites for hydroxylation is 2. The van der Waals surface area contributed by atoms with E-state index in [1.165, 1.54) is 6.20 Å². The first kappa shape index (κ1) is 10.5. The molecule has 0 atom stereocenters. The van der Waals surface area contributed by atoms with Gasteiger partial charge in [0.15, 0.2) is 5.82 Å². The Morgan fingerprint density at radius 1 is 1.50 bits per heavy atom. The number of hydrogen-bond acceptors (Lipinski definition) is 3. The van der Waals surface area contributed by atoms with Crippen LogP contribution in [-0.2, 0) is 4.79 Å². The molecule has 0 aliphatic rings. The lowest BCUT2D eigenvalue weighted by atomic mass is 10.4. The molecule has 0 aromatic carbocycles. The highest BCUT2D eigenvalue weighted by Gasteiger charge is 2.16. The first-order valence-corrected chi connectivity index (χ1v) is 3.90. The van der Waals surface area contributed by atoms with Crippen LogP contribution >= 0.6 is 0 Å². The monoisotopic (exact) mass is 201 g/mol. The molecule has 1 aromatic rings. The maximum Gasteiger partial charge on any atom is 0.315 e. The fourth-order valence-electron chi connectivity index (χ4n) is 0.827. The van der Waals surface area contributed by atoms with E-state index in [1.54, 1.807) is 13.8 Å². The quantitative estimate of drug-likeness (QED) is 0.784. The molecule has 1 heterocycles. The van der Waals surface area contributed by atoms with Gasteiger partial charge in [0.25, 0.3) is 5.91 Å². The number of alkyl halides is 2. The van der Waals surface area contributed by atoms with Crippen molar-refractivity contribution >= 4 is 11.7 Å². The number of anilines is 1. The molecule has 0 fully saturated rings. The van der Waals surface area contributed by atoms with Gasteiger partial charge < -0.3 is 5.32 Å². The third kappa shape index (κ3) is 2.45. The molecule has 0 bridgehead atoms. The molecule has 0 aliphatic carbocycles. The second-order valence-corrected chi connectivity index (χ2v) is 2.74. The third-order valence-electron chi connectivity index (χ3n) is 1.52. The molecule has 0 aliphatic heterocycles. The lowest BCUT2D eigenvalue weighted by Gasteiger charge is -2.06. The number of carbonyl (C=O) groups excluding carboxylic acids is 1. The molecule has 4 nitrogen and oxygen atoms in total. The zero-order chi connectivity index (χ0) is 10.7. The van der Waals surface area contributed by atoms with Crippen LogP contribution in [0, 0.1) is 13.8 Å². The van der Waals surface area contributed by atoms with Gasteiger partial charge in [-0.2, -0.15) is 8.78 Å². The molecule has 1 rings (SSSR count). The Labute approximate surface area is 79.4 Å². The Balaban J connectivity index is 2.86. The predicted molar refractivity (Wildman–Crippen MR) is 46.1 cm³/mol. The van der Waals surface area contributed by atoms with E-state index in [4.69, 9.17) is 0 Å². The van der Waals surface area contributed by atoms with Gasteiger partial charge >= 0.3 is 6.43 Å². The summed E-state index contributed by atoms with van der Waals surface area (Å²) in [6.07, 6.45) is -1.55. The number of aromatic nitrogens is 2. The third-order valence-corrected chi connectivity index (χ3v) is 1.52. The van der Waals surface area contributed by atoms with E-state index in [-0.39, 0.29) is 5.82 Å². The Morgan fingerprint density at radius 2 is 2.14 bits per heavy atom. The van der Waals surface area contributed by atoms with Gasteiger partial charge in [-0.15, -0.1) is 0 Å². The molecule has 1 amide bonds. The average molecular weight is 201 g/mol. The summed E-state index contributed by atoms with van der Waals surface area (Å²) in [4.78, 5) is 18.4. The number of amides is 1. The van der Waals surface area contributed by atoms with Gasteiger partial charge in [-0.3, -0.25) is 9.78 Å². The van der Waals surface area contributed by atoms with Crippen LogP contribution in [0.5, 0.6) is 0 Å². The summed E-state index contributed by atoms with van der Waals surface area (Å²) in [5.41, 5.74) is 0.963. The Bertz CT molecular complexity index is 354. The summed E-state index contributed by atoms with van der Waals surface area (Å²) in [6.45, 7) is 3.23. The Hall–Kier alpha value is -1.59. The van der Waals surface area contributed by atoms with Crippen LogP contribution in [0.3, 0.4) is 0 Å². The molecule has 0 saturated carbocycles. The van der Waals surface area contributed by atoms with Crippen molar-refractivity contribution in [2.75, 3.05) is 5.32 Å². The van der Waals surface area contributed by atoms with E-state index in [0.29, 0.717) is 11.4 Å². The summed E-state index contributed by atoms with van der Waals surface area (Å²) in [5, 5.41) is 1.99. The zero-order valence-corrected chi connectivity index (χ0v) is 7.71. The van der Waals surface area contributed by atoms with Gasteiger partial charge in [0, 0.05) is 6.20 Å². The van der Waals surface area contributed by atoms with Gasteiger partial charge in [0.1, 0.15) is 0 Å². The SMILES string of the molecule is Cc1cnc(C)c(NC(=O)C(F)F)n1. The lowest BCUT2D eigenvalue weighted by molar-refractivity contribution is -0.126. The highest BCUT2D eigenvalue weighted by Crippen LogP contribution is 2.09. The molecule has 1 aromatic heterocycles. The summed E-state index contributed by atoms with van der Waals surface area (Å²) in [5.74, 6) is -1.29. The fourth-order valence-corrected chi connectivity index (χ4v) is 0.827. The molecule has 76 valence electrons. The van der Waals surface area contributed by atoms with E-state index in [0.717, 1.165) is 0 Å². The molecule has 1 N–H and O–H groups in total. The van der Waals surface area contributed by atoms with E-state index in [1.807, 2.05) is 5.32 Å². The van der Waals surface area contributed by atoms with E-state index >= 15 is 0 Å². The van der Waals surface area contributed by atoms with Crippen molar-refractivity contribution in [1.29, 1.82) is 0 Å². The maximum absolute atomic E-state index is 11.9. The number of halogens is 2. The molecule has 0 saturated heterocycles. The summed E-state index contributed by atoms with van der Waals surface area (Å²) in [7, 11) is 0. The van der Waals surface area contributed by atoms with Gasteiger partial charge in [-0.1, -0.05) is 0 Å². The van der Waals surface area contributed by atoms with Gasteiger partial charge in [-0.05, 0) is 13.8 Å². The van der Waals surface area contributed by atoms with Crippen LogP contribution < -0.4 is 5.32 Å². The molecular formula is C8H9F2N3O. The number of nitrogens with one attached hydrogen (secondary N) is 1. The topological polar surface area (TPSA) is 54.9 Å². The van der Waals surface area contributed by atoms with Crippen LogP contribution in [0.1, 0.15) is 11.4 Å². The van der Waals surface area contributed by atoms with E-state index in [9.17, 15) is 13.6 Å². The number of rotatable bonds is 2. The number of carbonyl (C=O) groups is 1. The Morgan fingerprint density at radius 3 is 2.71 bits per heavy atom. The maximum atomic E-state index is 11.9. The molecule has 6 heteroatoms. The Kier molecular flexibility index (Phi) is 3.06. The van der Waals surface area contributed by atoms with E-state index in [2.05, 4.69) is 9.97 Å². The summed E-state index contributed by atoms with van der Waals surface area (Å²) < 4.78 is 23.8. The molecular weight excluding hydrogens is 192 g/mol. The van der Waals surface area contributed by atoms with Crippen molar-refractivity contribution in [3.8, 4) is 0 Å². The second-order valence-electron chi connectivity index (χ2n) is 2.74. The summed E-state index contributed by atoms with van der Waals surface area (Å²) >= 11 is 0. The normalized spacial score (nSPS) is 10.4. The van der Waals surface area contributed by atoms with Crippen LogP contribution in [0.15, 0.2) is 6.20 Å². The van der Waals surface area contributed by atoms with Gasteiger partial charge in [0.2, 0.25) is 0 Å². The first-order valence-electron chi connectivity index (χ1n) is 3.90. The molecule has 0 spiro atoms. The van der Waals surface area contributed by atoms with Crippen LogP contribution in [0.25, 0.3) is 0 Å². The minimum Gasteiger partial charge on any atom is -0.304 e. The van der Waals surface area contributed by atoms with E-state index < -0.39 is 12.3 Å². The highest BCUT2D eigenvalue weighted by molar-refractivity contribution is 5.92. The predicted octanol–water partition coefficient (Wildman–Crippen LogP) is 1.30. The summed E-state index contributed by atoms with van der Waals surface area (Å²) in [6, 6.07) is 0. The van der Waals surface area contributed by atoms with Crippen LogP contribution in [-0.4, -0.2) is 22.3 Å². The highest BCUT2D eigenvalue weighted by atomic mass is 19.3. The van der Waals surface area contributed by atoms with Gasteiger partial charge in [0.05, 0.1) is 11.4 Å². The zero-order valence-electron chi connectivity index (χ0n) is 7.71. The fraction of sp³-hybridized carbons (Fsp3) is 0.375. The second kappa shape index (κ2) is 4.08. The van der Waals surface area contributed by atoms with Crippen molar-refractivity contribution in [2.45, 2.75) is 20.3 Å². The van der Waals surface area contributed by atoms with Crippen molar-refractivity contribution in [3.05, 3.63) is 17.6 Å².